The number of esters is 1. The number of fused-ring (bicyclic) bond motifs is 1. The van der Waals surface area contributed by atoms with Crippen LogP contribution in [0.3, 0.4) is 0 Å². The zero-order valence-electron chi connectivity index (χ0n) is 19.2. The molecule has 0 saturated carbocycles. The standard InChI is InChI=1S/C25H24N2O7S/c1-17-7-9-18(10-8-17)27(16-24(28)26-21-6-4-3-5-20(21)25(29)32-2)35(30,31)19-11-12-22-23(15-19)34-14-13-33-22/h3-12,15H,13-14,16H2,1-2H3,(H,26,28). The molecule has 1 heterocycles. The summed E-state index contributed by atoms with van der Waals surface area (Å²) in [6.45, 7) is 2.03. The maximum atomic E-state index is 13.7. The van der Waals surface area contributed by atoms with Crippen molar-refractivity contribution in [2.24, 2.45) is 0 Å². The van der Waals surface area contributed by atoms with E-state index in [4.69, 9.17) is 14.2 Å². The van der Waals surface area contributed by atoms with Gasteiger partial charge in [-0.1, -0.05) is 29.8 Å². The Morgan fingerprint density at radius 1 is 0.971 bits per heavy atom. The molecule has 0 aliphatic carbocycles. The number of carbonyl (C=O) groups is 2. The van der Waals surface area contributed by atoms with Crippen molar-refractivity contribution in [3.63, 3.8) is 0 Å². The van der Waals surface area contributed by atoms with Crippen molar-refractivity contribution in [1.82, 2.24) is 0 Å². The lowest BCUT2D eigenvalue weighted by atomic mass is 10.2. The lowest BCUT2D eigenvalue weighted by molar-refractivity contribution is -0.114. The molecule has 9 nitrogen and oxygen atoms in total. The van der Waals surface area contributed by atoms with Crippen LogP contribution in [0.15, 0.2) is 71.6 Å². The monoisotopic (exact) mass is 496 g/mol. The van der Waals surface area contributed by atoms with E-state index in [-0.39, 0.29) is 16.1 Å². The Labute approximate surface area is 203 Å². The third kappa shape index (κ3) is 5.22. The molecule has 1 N–H and O–H groups in total. The molecule has 0 bridgehead atoms. The van der Waals surface area contributed by atoms with Crippen LogP contribution in [0.2, 0.25) is 0 Å². The summed E-state index contributed by atoms with van der Waals surface area (Å²) in [5.74, 6) is -0.491. The fraction of sp³-hybridized carbons (Fsp3) is 0.200. The quantitative estimate of drug-likeness (QED) is 0.499. The minimum absolute atomic E-state index is 0.0508. The predicted octanol–water partition coefficient (Wildman–Crippen LogP) is 3.39. The second kappa shape index (κ2) is 10.1. The van der Waals surface area contributed by atoms with Crippen molar-refractivity contribution in [3.8, 4) is 11.5 Å². The lowest BCUT2D eigenvalue weighted by Gasteiger charge is -2.25. The highest BCUT2D eigenvalue weighted by Crippen LogP contribution is 2.34. The molecule has 3 aromatic rings. The van der Waals surface area contributed by atoms with Crippen LogP contribution in [0.4, 0.5) is 11.4 Å². The van der Waals surface area contributed by atoms with Gasteiger partial charge in [-0.25, -0.2) is 13.2 Å². The van der Waals surface area contributed by atoms with Crippen LogP contribution in [0.1, 0.15) is 15.9 Å². The fourth-order valence-corrected chi connectivity index (χ4v) is 4.97. The third-order valence-electron chi connectivity index (χ3n) is 5.32. The van der Waals surface area contributed by atoms with Crippen molar-refractivity contribution in [1.29, 1.82) is 0 Å². The summed E-state index contributed by atoms with van der Waals surface area (Å²) in [5, 5.41) is 2.62. The fourth-order valence-electron chi connectivity index (χ4n) is 3.54. The Morgan fingerprint density at radius 2 is 1.66 bits per heavy atom. The highest BCUT2D eigenvalue weighted by Gasteiger charge is 2.29. The first-order chi connectivity index (χ1) is 16.8. The van der Waals surface area contributed by atoms with Crippen LogP contribution in [-0.2, 0) is 19.6 Å². The number of methoxy groups -OCH3 is 1. The van der Waals surface area contributed by atoms with Crippen molar-refractivity contribution in [3.05, 3.63) is 77.9 Å². The van der Waals surface area contributed by atoms with E-state index in [1.165, 1.54) is 37.4 Å². The van der Waals surface area contributed by atoms with E-state index in [1.807, 2.05) is 6.92 Å². The number of sulfonamides is 1. The molecule has 0 spiro atoms. The number of hydrogen-bond donors (Lipinski definition) is 1. The maximum Gasteiger partial charge on any atom is 0.339 e. The van der Waals surface area contributed by atoms with E-state index in [1.54, 1.807) is 36.4 Å². The van der Waals surface area contributed by atoms with Crippen molar-refractivity contribution in [2.45, 2.75) is 11.8 Å². The summed E-state index contributed by atoms with van der Waals surface area (Å²) < 4.78 is 44.2. The van der Waals surface area contributed by atoms with Crippen LogP contribution < -0.4 is 19.1 Å². The molecule has 10 heteroatoms. The zero-order valence-corrected chi connectivity index (χ0v) is 20.0. The molecule has 0 atom stereocenters. The van der Waals surface area contributed by atoms with Crippen LogP contribution in [0.5, 0.6) is 11.5 Å². The van der Waals surface area contributed by atoms with Gasteiger partial charge in [0.2, 0.25) is 5.91 Å². The molecule has 0 saturated heterocycles. The average Bonchev–Trinajstić information content (AvgIpc) is 2.87. The largest absolute Gasteiger partial charge is 0.486 e. The highest BCUT2D eigenvalue weighted by atomic mass is 32.2. The summed E-state index contributed by atoms with van der Waals surface area (Å²) in [6, 6.07) is 17.4. The molecule has 1 aliphatic heterocycles. The molecule has 0 unspecified atom stereocenters. The second-order valence-corrected chi connectivity index (χ2v) is 9.60. The highest BCUT2D eigenvalue weighted by molar-refractivity contribution is 7.92. The SMILES string of the molecule is COC(=O)c1ccccc1NC(=O)CN(c1ccc(C)cc1)S(=O)(=O)c1ccc2c(c1)OCCO2. The van der Waals surface area contributed by atoms with Gasteiger partial charge in [-0.05, 0) is 43.3 Å². The van der Waals surface area contributed by atoms with Gasteiger partial charge >= 0.3 is 5.97 Å². The van der Waals surface area contributed by atoms with E-state index >= 15 is 0 Å². The van der Waals surface area contributed by atoms with Gasteiger partial charge in [0.15, 0.2) is 11.5 Å². The Kier molecular flexibility index (Phi) is 6.92. The molecule has 0 aromatic heterocycles. The van der Waals surface area contributed by atoms with Crippen LogP contribution in [-0.4, -0.2) is 47.2 Å². The molecule has 182 valence electrons. The molecular formula is C25H24N2O7S. The zero-order chi connectivity index (χ0) is 25.0. The molecule has 0 fully saturated rings. The van der Waals surface area contributed by atoms with Crippen LogP contribution >= 0.6 is 0 Å². The number of nitrogens with one attached hydrogen (secondary N) is 1. The number of benzene rings is 3. The van der Waals surface area contributed by atoms with Gasteiger partial charge in [-0.15, -0.1) is 0 Å². The van der Waals surface area contributed by atoms with Gasteiger partial charge in [-0.2, -0.15) is 0 Å². The van der Waals surface area contributed by atoms with Crippen LogP contribution in [0, 0.1) is 6.92 Å². The Hall–Kier alpha value is -4.05. The van der Waals surface area contributed by atoms with Gasteiger partial charge < -0.3 is 19.5 Å². The van der Waals surface area contributed by atoms with Gasteiger partial charge in [0, 0.05) is 6.07 Å². The third-order valence-corrected chi connectivity index (χ3v) is 7.09. The lowest BCUT2D eigenvalue weighted by Crippen LogP contribution is -2.38. The van der Waals surface area contributed by atoms with Gasteiger partial charge in [0.25, 0.3) is 10.0 Å². The number of carbonyl (C=O) groups excluding carboxylic acids is 2. The topological polar surface area (TPSA) is 111 Å². The molecular weight excluding hydrogens is 472 g/mol. The molecule has 0 radical (unpaired) electrons. The number of nitrogens with zero attached hydrogens (tertiary/aromatic N) is 1. The Bertz CT molecular complexity index is 1350. The molecule has 3 aromatic carbocycles. The Morgan fingerprint density at radius 3 is 2.37 bits per heavy atom. The van der Waals surface area contributed by atoms with E-state index in [0.29, 0.717) is 30.4 Å². The van der Waals surface area contributed by atoms with E-state index in [0.717, 1.165) is 9.87 Å². The van der Waals surface area contributed by atoms with Gasteiger partial charge in [-0.3, -0.25) is 9.10 Å². The minimum Gasteiger partial charge on any atom is -0.486 e. The van der Waals surface area contributed by atoms with E-state index in [2.05, 4.69) is 5.32 Å². The van der Waals surface area contributed by atoms with Crippen molar-refractivity contribution >= 4 is 33.3 Å². The van der Waals surface area contributed by atoms with E-state index in [9.17, 15) is 18.0 Å². The number of ether oxygens (including phenoxy) is 3. The normalized spacial score (nSPS) is 12.5. The average molecular weight is 497 g/mol. The van der Waals surface area contributed by atoms with Gasteiger partial charge in [0.1, 0.15) is 19.8 Å². The first kappa shape index (κ1) is 24.1. The maximum absolute atomic E-state index is 13.7. The summed E-state index contributed by atoms with van der Waals surface area (Å²) in [7, 11) is -2.94. The first-order valence-electron chi connectivity index (χ1n) is 10.8. The summed E-state index contributed by atoms with van der Waals surface area (Å²) in [5.41, 5.74) is 1.61. The number of amides is 1. The van der Waals surface area contributed by atoms with Gasteiger partial charge in [0.05, 0.1) is 28.9 Å². The summed E-state index contributed by atoms with van der Waals surface area (Å²) in [6.07, 6.45) is 0. The number of rotatable bonds is 7. The molecule has 1 aliphatic rings. The molecule has 1 amide bonds. The van der Waals surface area contributed by atoms with Crippen molar-refractivity contribution < 1.29 is 32.2 Å². The molecule has 4 rings (SSSR count). The molecule has 35 heavy (non-hydrogen) atoms. The number of para-hydroxylation sites is 1. The van der Waals surface area contributed by atoms with Crippen molar-refractivity contribution in [2.75, 3.05) is 36.5 Å². The summed E-state index contributed by atoms with van der Waals surface area (Å²) in [4.78, 5) is 25.0. The number of aryl methyl sites for hydroxylation is 1. The van der Waals surface area contributed by atoms with E-state index < -0.39 is 28.4 Å². The Balaban J connectivity index is 1.67. The summed E-state index contributed by atoms with van der Waals surface area (Å²) >= 11 is 0. The number of anilines is 2. The minimum atomic E-state index is -4.17. The second-order valence-electron chi connectivity index (χ2n) is 7.74. The van der Waals surface area contributed by atoms with Crippen LogP contribution in [0.25, 0.3) is 0 Å². The first-order valence-corrected chi connectivity index (χ1v) is 12.2. The number of hydrogen-bond acceptors (Lipinski definition) is 7. The smallest absolute Gasteiger partial charge is 0.339 e. The predicted molar refractivity (Wildman–Crippen MR) is 130 cm³/mol.